The number of hydrogen-bond donors (Lipinski definition) is 1. The Hall–Kier alpha value is -0.650. The molecule has 3 atom stereocenters. The quantitative estimate of drug-likeness (QED) is 0.861. The fourth-order valence-electron chi connectivity index (χ4n) is 3.46. The largest absolute Gasteiger partial charge is 0.342 e. The number of likely N-dealkylation sites (tertiary alicyclic amines) is 1. The molecule has 1 aliphatic heterocycles. The van der Waals surface area contributed by atoms with Gasteiger partial charge in [-0.1, -0.05) is 15.9 Å². The molecule has 1 aromatic rings. The number of benzene rings is 1. The van der Waals surface area contributed by atoms with Gasteiger partial charge in [0.05, 0.1) is 6.42 Å². The van der Waals surface area contributed by atoms with Gasteiger partial charge in [0.2, 0.25) is 5.91 Å². The molecule has 1 saturated heterocycles. The first-order chi connectivity index (χ1) is 9.54. The summed E-state index contributed by atoms with van der Waals surface area (Å²) in [6.07, 6.45) is 2.44. The summed E-state index contributed by atoms with van der Waals surface area (Å²) in [5.74, 6) is 0.772. The minimum atomic E-state index is -0.309. The van der Waals surface area contributed by atoms with E-state index in [2.05, 4.69) is 15.9 Å². The molecule has 0 spiro atoms. The normalized spacial score (nSPS) is 27.4. The van der Waals surface area contributed by atoms with Crippen LogP contribution >= 0.6 is 28.3 Å². The van der Waals surface area contributed by atoms with Gasteiger partial charge in [-0.05, 0) is 48.4 Å². The van der Waals surface area contributed by atoms with E-state index < -0.39 is 0 Å². The highest BCUT2D eigenvalue weighted by Gasteiger charge is 2.42. The standard InChI is InChI=1S/C15H18BrFN2O.ClH/c16-13-3-2-11(17)5-10(13)6-15(20)19-7-9-1-4-14(18)12(9)8-19;/h2-3,5,9,12,14H,1,4,6-8,18H2;1H. The monoisotopic (exact) mass is 376 g/mol. The minimum absolute atomic E-state index is 0. The average Bonchev–Trinajstić information content (AvgIpc) is 2.97. The Bertz CT molecular complexity index is 542. The summed E-state index contributed by atoms with van der Waals surface area (Å²) in [5.41, 5.74) is 6.79. The lowest BCUT2D eigenvalue weighted by Gasteiger charge is -2.19. The number of carbonyl (C=O) groups excluding carboxylic acids is 1. The first-order valence-corrected chi connectivity index (χ1v) is 7.81. The second-order valence-corrected chi connectivity index (χ2v) is 6.73. The lowest BCUT2D eigenvalue weighted by atomic mass is 9.98. The fraction of sp³-hybridized carbons (Fsp3) is 0.533. The summed E-state index contributed by atoms with van der Waals surface area (Å²) in [5, 5.41) is 0. The Morgan fingerprint density at radius 3 is 2.86 bits per heavy atom. The number of rotatable bonds is 2. The van der Waals surface area contributed by atoms with E-state index in [4.69, 9.17) is 5.73 Å². The molecule has 6 heteroatoms. The summed E-state index contributed by atoms with van der Waals surface area (Å²) < 4.78 is 14.0. The van der Waals surface area contributed by atoms with Gasteiger partial charge in [0.1, 0.15) is 5.82 Å². The Balaban J connectivity index is 0.00000161. The molecule has 1 amide bonds. The molecule has 1 saturated carbocycles. The van der Waals surface area contributed by atoms with Crippen molar-refractivity contribution in [3.8, 4) is 0 Å². The zero-order valence-corrected chi connectivity index (χ0v) is 14.0. The lowest BCUT2D eigenvalue weighted by Crippen LogP contribution is -2.34. The van der Waals surface area contributed by atoms with Gasteiger partial charge in [-0.3, -0.25) is 4.79 Å². The number of halogens is 3. The van der Waals surface area contributed by atoms with E-state index >= 15 is 0 Å². The second kappa shape index (κ2) is 6.63. The van der Waals surface area contributed by atoms with Gasteiger partial charge in [-0.15, -0.1) is 12.4 Å². The molecule has 0 aromatic heterocycles. The van der Waals surface area contributed by atoms with Gasteiger partial charge in [0.15, 0.2) is 0 Å². The van der Waals surface area contributed by atoms with E-state index in [-0.39, 0.29) is 36.6 Å². The zero-order valence-electron chi connectivity index (χ0n) is 11.6. The summed E-state index contributed by atoms with van der Waals surface area (Å²) in [6, 6.07) is 4.69. The molecule has 3 nitrogen and oxygen atoms in total. The van der Waals surface area contributed by atoms with Crippen molar-refractivity contribution in [3.05, 3.63) is 34.1 Å². The first kappa shape index (κ1) is 16.7. The highest BCUT2D eigenvalue weighted by atomic mass is 79.9. The van der Waals surface area contributed by atoms with Crippen molar-refractivity contribution in [2.24, 2.45) is 17.6 Å². The Labute approximate surface area is 138 Å². The van der Waals surface area contributed by atoms with Crippen LogP contribution in [-0.2, 0) is 11.2 Å². The van der Waals surface area contributed by atoms with Gasteiger partial charge < -0.3 is 10.6 Å². The maximum Gasteiger partial charge on any atom is 0.227 e. The van der Waals surface area contributed by atoms with Gasteiger partial charge in [0.25, 0.3) is 0 Å². The SMILES string of the molecule is Cl.NC1CCC2CN(C(=O)Cc3cc(F)ccc3Br)CC12. The zero-order chi connectivity index (χ0) is 14.3. The summed E-state index contributed by atoms with van der Waals surface area (Å²) in [6.45, 7) is 1.57. The molecule has 1 heterocycles. The number of amides is 1. The van der Waals surface area contributed by atoms with Crippen LogP contribution in [0.15, 0.2) is 22.7 Å². The van der Waals surface area contributed by atoms with E-state index in [1.807, 2.05) is 4.90 Å². The number of nitrogens with two attached hydrogens (primary N) is 1. The maximum absolute atomic E-state index is 13.3. The molecule has 3 rings (SSSR count). The Morgan fingerprint density at radius 1 is 1.38 bits per heavy atom. The van der Waals surface area contributed by atoms with Crippen molar-refractivity contribution < 1.29 is 9.18 Å². The first-order valence-electron chi connectivity index (χ1n) is 7.02. The lowest BCUT2D eigenvalue weighted by molar-refractivity contribution is -0.129. The number of fused-ring (bicyclic) bond motifs is 1. The highest BCUT2D eigenvalue weighted by molar-refractivity contribution is 9.10. The topological polar surface area (TPSA) is 46.3 Å². The average molecular weight is 378 g/mol. The smallest absolute Gasteiger partial charge is 0.227 e. The van der Waals surface area contributed by atoms with Crippen molar-refractivity contribution in [2.45, 2.75) is 25.3 Å². The van der Waals surface area contributed by atoms with Crippen LogP contribution in [0.1, 0.15) is 18.4 Å². The van der Waals surface area contributed by atoms with Crippen molar-refractivity contribution in [1.29, 1.82) is 0 Å². The summed E-state index contributed by atoms with van der Waals surface area (Å²) in [7, 11) is 0. The highest BCUT2D eigenvalue weighted by Crippen LogP contribution is 2.37. The molecule has 2 aliphatic rings. The van der Waals surface area contributed by atoms with E-state index in [0.717, 1.165) is 30.4 Å². The van der Waals surface area contributed by atoms with Crippen LogP contribution in [0.3, 0.4) is 0 Å². The third-order valence-corrected chi connectivity index (χ3v) is 5.39. The molecule has 21 heavy (non-hydrogen) atoms. The molecule has 0 radical (unpaired) electrons. The van der Waals surface area contributed by atoms with Gasteiger partial charge >= 0.3 is 0 Å². The number of carbonyl (C=O) groups is 1. The molecule has 1 aliphatic carbocycles. The van der Waals surface area contributed by atoms with E-state index in [1.165, 1.54) is 12.1 Å². The molecule has 116 valence electrons. The van der Waals surface area contributed by atoms with Crippen molar-refractivity contribution in [2.75, 3.05) is 13.1 Å². The number of hydrogen-bond acceptors (Lipinski definition) is 2. The molecule has 2 N–H and O–H groups in total. The predicted octanol–water partition coefficient (Wildman–Crippen LogP) is 2.75. The van der Waals surface area contributed by atoms with Crippen molar-refractivity contribution in [1.82, 2.24) is 4.90 Å². The maximum atomic E-state index is 13.3. The van der Waals surface area contributed by atoms with Crippen LogP contribution < -0.4 is 5.73 Å². The molecular formula is C15H19BrClFN2O. The molecule has 3 unspecified atom stereocenters. The Morgan fingerprint density at radius 2 is 2.14 bits per heavy atom. The third kappa shape index (κ3) is 3.41. The number of nitrogens with zero attached hydrogens (tertiary/aromatic N) is 1. The van der Waals surface area contributed by atoms with Crippen LogP contribution in [0.25, 0.3) is 0 Å². The van der Waals surface area contributed by atoms with Gasteiger partial charge in [0, 0.05) is 23.6 Å². The summed E-state index contributed by atoms with van der Waals surface area (Å²) in [4.78, 5) is 14.3. The Kier molecular flexibility index (Phi) is 5.28. The van der Waals surface area contributed by atoms with Crippen LogP contribution in [0.4, 0.5) is 4.39 Å². The van der Waals surface area contributed by atoms with E-state index in [1.54, 1.807) is 6.07 Å². The second-order valence-electron chi connectivity index (χ2n) is 5.88. The van der Waals surface area contributed by atoms with E-state index in [0.29, 0.717) is 17.4 Å². The molecule has 2 fully saturated rings. The van der Waals surface area contributed by atoms with Crippen LogP contribution in [0.5, 0.6) is 0 Å². The minimum Gasteiger partial charge on any atom is -0.342 e. The fourth-order valence-corrected chi connectivity index (χ4v) is 3.85. The van der Waals surface area contributed by atoms with Crippen LogP contribution in [-0.4, -0.2) is 29.9 Å². The van der Waals surface area contributed by atoms with Crippen LogP contribution in [0, 0.1) is 17.7 Å². The van der Waals surface area contributed by atoms with Gasteiger partial charge in [-0.25, -0.2) is 4.39 Å². The van der Waals surface area contributed by atoms with Crippen LogP contribution in [0.2, 0.25) is 0 Å². The molecular weight excluding hydrogens is 359 g/mol. The van der Waals surface area contributed by atoms with E-state index in [9.17, 15) is 9.18 Å². The predicted molar refractivity (Wildman–Crippen MR) is 85.8 cm³/mol. The summed E-state index contributed by atoms with van der Waals surface area (Å²) >= 11 is 3.37. The third-order valence-electron chi connectivity index (χ3n) is 4.61. The molecule has 1 aromatic carbocycles. The van der Waals surface area contributed by atoms with Gasteiger partial charge in [-0.2, -0.15) is 0 Å². The van der Waals surface area contributed by atoms with Crippen molar-refractivity contribution >= 4 is 34.2 Å². The van der Waals surface area contributed by atoms with Crippen molar-refractivity contribution in [3.63, 3.8) is 0 Å². The molecule has 0 bridgehead atoms.